The van der Waals surface area contributed by atoms with Crippen molar-refractivity contribution in [3.8, 4) is 5.75 Å². The Bertz CT molecular complexity index is 1160. The van der Waals surface area contributed by atoms with Gasteiger partial charge in [0.25, 0.3) is 5.69 Å². The fourth-order valence-corrected chi connectivity index (χ4v) is 4.57. The van der Waals surface area contributed by atoms with E-state index >= 15 is 0 Å². The van der Waals surface area contributed by atoms with Gasteiger partial charge in [0, 0.05) is 30.1 Å². The maximum atomic E-state index is 11.8. The topological polar surface area (TPSA) is 235 Å². The van der Waals surface area contributed by atoms with E-state index < -0.39 is 50.2 Å². The van der Waals surface area contributed by atoms with Gasteiger partial charge in [0.1, 0.15) is 30.2 Å². The third-order valence-corrected chi connectivity index (χ3v) is 7.19. The molecule has 2 aromatic rings. The lowest BCUT2D eigenvalue weighted by atomic mass is 9.99. The third-order valence-electron chi connectivity index (χ3n) is 6.13. The lowest BCUT2D eigenvalue weighted by molar-refractivity contribution is -0.684. The molecule has 38 heavy (non-hydrogen) atoms. The first kappa shape index (κ1) is 28.3. The molecule has 0 aromatic heterocycles. The van der Waals surface area contributed by atoms with Gasteiger partial charge in [-0.1, -0.05) is 9.25 Å². The van der Waals surface area contributed by atoms with Crippen LogP contribution in [0.3, 0.4) is 0 Å². The van der Waals surface area contributed by atoms with Gasteiger partial charge in [0.15, 0.2) is 6.79 Å². The molecule has 9 N–H and O–H groups in total. The summed E-state index contributed by atoms with van der Waals surface area (Å²) in [5.41, 5.74) is 2.62. The van der Waals surface area contributed by atoms with Gasteiger partial charge in [-0.2, -0.15) is 0 Å². The molecule has 0 bridgehead atoms. The molecule has 1 saturated heterocycles. The Morgan fingerprint density at radius 2 is 1.79 bits per heavy atom. The van der Waals surface area contributed by atoms with Crippen molar-refractivity contribution in [3.63, 3.8) is 0 Å². The third kappa shape index (κ3) is 6.12. The zero-order valence-electron chi connectivity index (χ0n) is 20.0. The molecule has 0 saturated carbocycles. The minimum absolute atomic E-state index is 0.0449. The summed E-state index contributed by atoms with van der Waals surface area (Å²) < 4.78 is 41.6. The van der Waals surface area contributed by atoms with E-state index in [2.05, 4.69) is 21.0 Å². The number of nitrogens with zero attached hydrogens (tertiary/aromatic N) is 2. The molecule has 5 atom stereocenters. The number of quaternary nitrogens is 2. The Morgan fingerprint density at radius 1 is 1.08 bits per heavy atom. The highest BCUT2D eigenvalue weighted by atomic mass is 31.2. The van der Waals surface area contributed by atoms with Crippen molar-refractivity contribution in [2.45, 2.75) is 37.1 Å². The van der Waals surface area contributed by atoms with Crippen molar-refractivity contribution >= 4 is 24.9 Å². The summed E-state index contributed by atoms with van der Waals surface area (Å²) in [6.07, 6.45) is -6.51. The number of nitro benzene ring substituents is 1. The van der Waals surface area contributed by atoms with Crippen LogP contribution in [-0.2, 0) is 34.2 Å². The van der Waals surface area contributed by atoms with Gasteiger partial charge in [-0.05, 0) is 42.3 Å². The predicted octanol–water partition coefficient (Wildman–Crippen LogP) is -1.08. The van der Waals surface area contributed by atoms with Gasteiger partial charge in [0.05, 0.1) is 11.5 Å². The van der Waals surface area contributed by atoms with Crippen molar-refractivity contribution in [1.29, 1.82) is 0 Å². The number of non-ortho nitro benzene ring substituents is 1. The van der Waals surface area contributed by atoms with E-state index in [0.717, 1.165) is 16.9 Å². The van der Waals surface area contributed by atoms with Crippen LogP contribution in [0.25, 0.3) is 0 Å². The van der Waals surface area contributed by atoms with Gasteiger partial charge in [0.2, 0.25) is 6.29 Å². The van der Waals surface area contributed by atoms with Crippen LogP contribution in [0.15, 0.2) is 42.5 Å². The molecule has 1 fully saturated rings. The van der Waals surface area contributed by atoms with Crippen molar-refractivity contribution < 1.29 is 64.6 Å². The zero-order chi connectivity index (χ0) is 27.4. The molecule has 17 heteroatoms. The Labute approximate surface area is 215 Å². The number of nitro groups is 1. The lowest BCUT2D eigenvalue weighted by Crippen LogP contribution is -2.60. The summed E-state index contributed by atoms with van der Waals surface area (Å²) in [7, 11) is -3.98. The number of anilines is 2. The maximum Gasteiger partial charge on any atom is 0.569 e. The van der Waals surface area contributed by atoms with Crippen LogP contribution in [0.2, 0.25) is 0 Å². The number of aliphatic hydroxyl groups is 3. The van der Waals surface area contributed by atoms with Gasteiger partial charge in [-0.25, -0.2) is 16.4 Å². The van der Waals surface area contributed by atoms with Crippen LogP contribution in [0, 0.1) is 10.1 Å². The molecule has 208 valence electrons. The normalized spacial score (nSPS) is 25.3. The zero-order valence-corrected chi connectivity index (χ0v) is 20.9. The smallest absolute Gasteiger partial charge is 0.462 e. The van der Waals surface area contributed by atoms with Crippen LogP contribution >= 0.6 is 7.82 Å². The van der Waals surface area contributed by atoms with Gasteiger partial charge in [-0.15, -0.1) is 0 Å². The molecule has 0 spiro atoms. The summed E-state index contributed by atoms with van der Waals surface area (Å²) >= 11 is 0. The summed E-state index contributed by atoms with van der Waals surface area (Å²) in [6.45, 7) is -0.272. The van der Waals surface area contributed by atoms with Crippen LogP contribution in [-0.4, -0.2) is 70.9 Å². The average molecular weight is 560 g/mol. The standard InChI is InChI=1S/C21H29N4O12P/c22-36-38(31,37-23)33-11-32-10-17-18(26)19(27)20(28)21(35-17)34-15-4-1-13(2-5-15)24-8-7-12-9-14(25(29)30)3-6-16(12)24/h1-6,9,17-21,26-28H,7-8,10-11H2,22-23H3/q+2/t17-,18-,19+,20+,21+/m1/s1. The Balaban J connectivity index is 1.37. The quantitative estimate of drug-likeness (QED) is 0.0724. The molecule has 0 aliphatic carbocycles. The highest BCUT2D eigenvalue weighted by molar-refractivity contribution is 7.48. The Hall–Kier alpha value is -2.73. The van der Waals surface area contributed by atoms with E-state index in [0.29, 0.717) is 18.7 Å². The summed E-state index contributed by atoms with van der Waals surface area (Å²) in [5, 5.41) is 41.9. The molecule has 0 radical (unpaired) electrons. The van der Waals surface area contributed by atoms with Crippen LogP contribution < -0.4 is 21.4 Å². The first-order valence-electron chi connectivity index (χ1n) is 11.4. The molecule has 16 nitrogen and oxygen atoms in total. The molecule has 2 aliphatic heterocycles. The molecular weight excluding hydrogens is 531 g/mol. The largest absolute Gasteiger partial charge is 0.569 e. The fraction of sp³-hybridized carbons (Fsp3) is 0.429. The second-order valence-electron chi connectivity index (χ2n) is 8.42. The molecule has 0 amide bonds. The molecular formula is C21H29N4O12P+2. The van der Waals surface area contributed by atoms with E-state index in [4.69, 9.17) is 18.7 Å². The highest BCUT2D eigenvalue weighted by Crippen LogP contribution is 2.44. The second-order valence-corrected chi connectivity index (χ2v) is 10.1. The molecule has 2 aromatic carbocycles. The number of ether oxygens (including phenoxy) is 3. The summed E-state index contributed by atoms with van der Waals surface area (Å²) in [5.74, 6) is 6.21. The monoisotopic (exact) mass is 560 g/mol. The van der Waals surface area contributed by atoms with E-state index in [9.17, 15) is 30.0 Å². The van der Waals surface area contributed by atoms with Crippen LogP contribution in [0.5, 0.6) is 5.75 Å². The van der Waals surface area contributed by atoms with E-state index in [1.165, 1.54) is 6.07 Å². The Morgan fingerprint density at radius 3 is 2.45 bits per heavy atom. The van der Waals surface area contributed by atoms with Crippen molar-refractivity contribution in [3.05, 3.63) is 58.1 Å². The first-order chi connectivity index (χ1) is 18.2. The average Bonchev–Trinajstić information content (AvgIpc) is 3.35. The number of rotatable bonds is 11. The van der Waals surface area contributed by atoms with Crippen LogP contribution in [0.1, 0.15) is 5.56 Å². The number of phosphoric acid groups is 1. The van der Waals surface area contributed by atoms with Gasteiger partial charge >= 0.3 is 7.82 Å². The summed E-state index contributed by atoms with van der Waals surface area (Å²) in [6, 6.07) is 11.6. The lowest BCUT2D eigenvalue weighted by Gasteiger charge is -2.40. The highest BCUT2D eigenvalue weighted by Gasteiger charge is 2.45. The van der Waals surface area contributed by atoms with E-state index in [1.54, 1.807) is 36.4 Å². The summed E-state index contributed by atoms with van der Waals surface area (Å²) in [4.78, 5) is 12.6. The minimum atomic E-state index is -3.98. The Kier molecular flexibility index (Phi) is 8.92. The van der Waals surface area contributed by atoms with E-state index in [-0.39, 0.29) is 12.3 Å². The predicted molar refractivity (Wildman–Crippen MR) is 125 cm³/mol. The number of aliphatic hydroxyl groups excluding tert-OH is 3. The SMILES string of the molecule is [NH3+]OP(=O)(O[NH3+])OCOC[C@H]1O[C@H](Oc2ccc(N3CCc4cc([N+](=O)[O-])ccc43)cc2)[C@@H](O)[C@@H](O)[C@@H]1O. The minimum Gasteiger partial charge on any atom is -0.462 e. The van der Waals surface area contributed by atoms with Crippen LogP contribution in [0.4, 0.5) is 17.1 Å². The van der Waals surface area contributed by atoms with Gasteiger partial charge < -0.3 is 34.4 Å². The maximum absolute atomic E-state index is 11.8. The number of fused-ring (bicyclic) bond motifs is 1. The molecule has 2 heterocycles. The molecule has 4 rings (SSSR count). The van der Waals surface area contributed by atoms with E-state index in [1.807, 2.05) is 4.90 Å². The van der Waals surface area contributed by atoms with Gasteiger partial charge in [-0.3, -0.25) is 14.6 Å². The number of benzene rings is 2. The molecule has 2 aliphatic rings. The number of hydrogen-bond donors (Lipinski definition) is 5. The van der Waals surface area contributed by atoms with Crippen molar-refractivity contribution in [2.75, 3.05) is 24.8 Å². The number of hydrogen-bond acceptors (Lipinski definition) is 13. The van der Waals surface area contributed by atoms with Crippen molar-refractivity contribution in [1.82, 2.24) is 0 Å². The second kappa shape index (κ2) is 12.0. The van der Waals surface area contributed by atoms with Crippen molar-refractivity contribution in [2.24, 2.45) is 0 Å². The molecule has 0 unspecified atom stereocenters. The first-order valence-corrected chi connectivity index (χ1v) is 12.8. The fourth-order valence-electron chi connectivity index (χ4n) is 4.14.